The molecule has 120 valence electrons. The minimum atomic E-state index is -3.60. The monoisotopic (exact) mass is 330 g/mol. The van der Waals surface area contributed by atoms with Crippen LogP contribution in [0.4, 0.5) is 0 Å². The Hall–Kier alpha value is -2.20. The fourth-order valence-electron chi connectivity index (χ4n) is 2.24. The van der Waals surface area contributed by atoms with Crippen molar-refractivity contribution in [2.75, 3.05) is 6.54 Å². The highest BCUT2D eigenvalue weighted by Crippen LogP contribution is 2.16. The Morgan fingerprint density at radius 3 is 2.35 bits per heavy atom. The molecule has 0 aliphatic heterocycles. The molecule has 23 heavy (non-hydrogen) atoms. The first kappa shape index (κ1) is 17.2. The van der Waals surface area contributed by atoms with E-state index in [1.807, 2.05) is 30.3 Å². The predicted molar refractivity (Wildman–Crippen MR) is 87.2 cm³/mol. The molecule has 0 spiro atoms. The third kappa shape index (κ3) is 4.39. The number of aliphatic hydroxyl groups excluding tert-OH is 1. The largest absolute Gasteiger partial charge is 0.392 e. The molecule has 0 atom stereocenters. The Kier molecular flexibility index (Phi) is 5.50. The van der Waals surface area contributed by atoms with Gasteiger partial charge in [0.15, 0.2) is 0 Å². The molecule has 0 saturated carbocycles. The third-order valence-electron chi connectivity index (χ3n) is 3.50. The SMILES string of the molecule is Cc1cc(C#N)ccc1S(=O)(=O)NCCc1ccc(CO)cc1. The molecule has 2 aromatic rings. The Labute approximate surface area is 136 Å². The zero-order chi connectivity index (χ0) is 16.9. The summed E-state index contributed by atoms with van der Waals surface area (Å²) in [6.45, 7) is 1.94. The topological polar surface area (TPSA) is 90.2 Å². The van der Waals surface area contributed by atoms with Crippen molar-refractivity contribution in [2.24, 2.45) is 0 Å². The number of benzene rings is 2. The zero-order valence-corrected chi connectivity index (χ0v) is 13.6. The molecule has 0 fully saturated rings. The lowest BCUT2D eigenvalue weighted by Crippen LogP contribution is -2.26. The summed E-state index contributed by atoms with van der Waals surface area (Å²) < 4.78 is 27.2. The second kappa shape index (κ2) is 7.38. The lowest BCUT2D eigenvalue weighted by molar-refractivity contribution is 0.282. The molecule has 2 N–H and O–H groups in total. The molecule has 0 bridgehead atoms. The van der Waals surface area contributed by atoms with Gasteiger partial charge in [-0.1, -0.05) is 24.3 Å². The van der Waals surface area contributed by atoms with E-state index in [-0.39, 0.29) is 18.0 Å². The van der Waals surface area contributed by atoms with Crippen molar-refractivity contribution in [1.29, 1.82) is 5.26 Å². The molecule has 0 aromatic heterocycles. The van der Waals surface area contributed by atoms with Gasteiger partial charge in [0.05, 0.1) is 23.1 Å². The fourth-order valence-corrected chi connectivity index (χ4v) is 3.50. The number of nitrogens with one attached hydrogen (secondary N) is 1. The van der Waals surface area contributed by atoms with E-state index in [9.17, 15) is 8.42 Å². The Balaban J connectivity index is 2.02. The first-order valence-electron chi connectivity index (χ1n) is 7.15. The maximum atomic E-state index is 12.3. The maximum absolute atomic E-state index is 12.3. The fraction of sp³-hybridized carbons (Fsp3) is 0.235. The number of sulfonamides is 1. The number of aryl methyl sites for hydroxylation is 1. The molecule has 2 rings (SSSR count). The van der Waals surface area contributed by atoms with Gasteiger partial charge in [0.2, 0.25) is 10.0 Å². The van der Waals surface area contributed by atoms with Gasteiger partial charge in [-0.05, 0) is 48.2 Å². The molecule has 0 aliphatic rings. The summed E-state index contributed by atoms with van der Waals surface area (Å²) in [6, 6.07) is 13.9. The predicted octanol–water partition coefficient (Wildman–Crippen LogP) is 1.88. The molecule has 6 heteroatoms. The van der Waals surface area contributed by atoms with Crippen molar-refractivity contribution >= 4 is 10.0 Å². The van der Waals surface area contributed by atoms with E-state index >= 15 is 0 Å². The van der Waals surface area contributed by atoms with Crippen LogP contribution in [0.25, 0.3) is 0 Å². The van der Waals surface area contributed by atoms with E-state index in [0.29, 0.717) is 17.5 Å². The summed E-state index contributed by atoms with van der Waals surface area (Å²) in [5.41, 5.74) is 2.79. The van der Waals surface area contributed by atoms with Crippen molar-refractivity contribution < 1.29 is 13.5 Å². The highest BCUT2D eigenvalue weighted by molar-refractivity contribution is 7.89. The van der Waals surface area contributed by atoms with Crippen LogP contribution < -0.4 is 4.72 Å². The van der Waals surface area contributed by atoms with E-state index in [1.165, 1.54) is 12.1 Å². The highest BCUT2D eigenvalue weighted by Gasteiger charge is 2.16. The van der Waals surface area contributed by atoms with Gasteiger partial charge in [-0.15, -0.1) is 0 Å². The maximum Gasteiger partial charge on any atom is 0.240 e. The van der Waals surface area contributed by atoms with Gasteiger partial charge >= 0.3 is 0 Å². The van der Waals surface area contributed by atoms with Crippen LogP contribution in [0.1, 0.15) is 22.3 Å². The summed E-state index contributed by atoms with van der Waals surface area (Å²) in [4.78, 5) is 0.187. The second-order valence-corrected chi connectivity index (χ2v) is 6.95. The summed E-state index contributed by atoms with van der Waals surface area (Å²) in [5.74, 6) is 0. The second-order valence-electron chi connectivity index (χ2n) is 5.21. The molecular formula is C17H18N2O3S. The van der Waals surface area contributed by atoms with Crippen molar-refractivity contribution in [1.82, 2.24) is 4.72 Å². The minimum Gasteiger partial charge on any atom is -0.392 e. The average molecular weight is 330 g/mol. The molecule has 5 nitrogen and oxygen atoms in total. The van der Waals surface area contributed by atoms with E-state index in [4.69, 9.17) is 10.4 Å². The lowest BCUT2D eigenvalue weighted by atomic mass is 10.1. The van der Waals surface area contributed by atoms with E-state index < -0.39 is 10.0 Å². The quantitative estimate of drug-likeness (QED) is 0.846. The van der Waals surface area contributed by atoms with Crippen LogP contribution in [-0.4, -0.2) is 20.1 Å². The van der Waals surface area contributed by atoms with Crippen molar-refractivity contribution in [3.8, 4) is 6.07 Å². The highest BCUT2D eigenvalue weighted by atomic mass is 32.2. The number of hydrogen-bond donors (Lipinski definition) is 2. The van der Waals surface area contributed by atoms with Crippen LogP contribution in [0, 0.1) is 18.3 Å². The van der Waals surface area contributed by atoms with Crippen LogP contribution in [0.2, 0.25) is 0 Å². The van der Waals surface area contributed by atoms with Gasteiger partial charge in [-0.25, -0.2) is 13.1 Å². The average Bonchev–Trinajstić information content (AvgIpc) is 2.55. The van der Waals surface area contributed by atoms with Gasteiger partial charge in [0.25, 0.3) is 0 Å². The van der Waals surface area contributed by atoms with Crippen LogP contribution in [0.5, 0.6) is 0 Å². The molecule has 0 heterocycles. The number of nitriles is 1. The third-order valence-corrected chi connectivity index (χ3v) is 5.13. The number of hydrogen-bond acceptors (Lipinski definition) is 4. The van der Waals surface area contributed by atoms with Crippen molar-refractivity contribution in [2.45, 2.75) is 24.8 Å². The molecule has 2 aromatic carbocycles. The Morgan fingerprint density at radius 2 is 1.78 bits per heavy atom. The number of rotatable bonds is 6. The molecule has 0 unspecified atom stereocenters. The Bertz CT molecular complexity index is 822. The van der Waals surface area contributed by atoms with Crippen LogP contribution in [0.3, 0.4) is 0 Å². The van der Waals surface area contributed by atoms with Crippen molar-refractivity contribution in [3.63, 3.8) is 0 Å². The molecule has 0 saturated heterocycles. The van der Waals surface area contributed by atoms with Gasteiger partial charge in [0, 0.05) is 6.54 Å². The number of aliphatic hydroxyl groups is 1. The van der Waals surface area contributed by atoms with Crippen LogP contribution in [0.15, 0.2) is 47.4 Å². The molecule has 0 amide bonds. The lowest BCUT2D eigenvalue weighted by Gasteiger charge is -2.10. The smallest absolute Gasteiger partial charge is 0.240 e. The first-order chi connectivity index (χ1) is 11.0. The molecule has 0 aliphatic carbocycles. The van der Waals surface area contributed by atoms with Crippen LogP contribution in [-0.2, 0) is 23.1 Å². The normalized spacial score (nSPS) is 11.2. The van der Waals surface area contributed by atoms with Crippen LogP contribution >= 0.6 is 0 Å². The van der Waals surface area contributed by atoms with Gasteiger partial charge < -0.3 is 5.11 Å². The number of nitrogens with zero attached hydrogens (tertiary/aromatic N) is 1. The summed E-state index contributed by atoms with van der Waals surface area (Å²) in [6.07, 6.45) is 0.556. The summed E-state index contributed by atoms with van der Waals surface area (Å²) in [5, 5.41) is 17.8. The van der Waals surface area contributed by atoms with Crippen molar-refractivity contribution in [3.05, 3.63) is 64.7 Å². The van der Waals surface area contributed by atoms with E-state index in [2.05, 4.69) is 4.72 Å². The van der Waals surface area contributed by atoms with E-state index in [0.717, 1.165) is 11.1 Å². The Morgan fingerprint density at radius 1 is 1.13 bits per heavy atom. The molecule has 0 radical (unpaired) electrons. The van der Waals surface area contributed by atoms with E-state index in [1.54, 1.807) is 13.0 Å². The minimum absolute atomic E-state index is 0.00905. The molecular weight excluding hydrogens is 312 g/mol. The standard InChI is InChI=1S/C17H18N2O3S/c1-13-10-16(11-18)6-7-17(13)23(21,22)19-9-8-14-2-4-15(12-20)5-3-14/h2-7,10,19-20H,8-9,12H2,1H3. The first-order valence-corrected chi connectivity index (χ1v) is 8.63. The van der Waals surface area contributed by atoms with Gasteiger partial charge in [-0.2, -0.15) is 5.26 Å². The summed E-state index contributed by atoms with van der Waals surface area (Å²) in [7, 11) is -3.60. The summed E-state index contributed by atoms with van der Waals surface area (Å²) >= 11 is 0. The zero-order valence-electron chi connectivity index (χ0n) is 12.8. The van der Waals surface area contributed by atoms with Gasteiger partial charge in [-0.3, -0.25) is 0 Å². The van der Waals surface area contributed by atoms with Gasteiger partial charge in [0.1, 0.15) is 0 Å².